The number of rotatable bonds is 5. The van der Waals surface area contributed by atoms with Gasteiger partial charge in [-0.15, -0.1) is 0 Å². The number of carbonyl (C=O) groups excluding carboxylic acids is 2. The maximum Gasteiger partial charge on any atom is 0.246 e. The quantitative estimate of drug-likeness (QED) is 0.782. The predicted molar refractivity (Wildman–Crippen MR) is 124 cm³/mol. The number of hydrogen-bond acceptors (Lipinski definition) is 3. The molecular weight excluding hydrogens is 386 g/mol. The van der Waals surface area contributed by atoms with E-state index in [-0.39, 0.29) is 17.9 Å². The molecule has 31 heavy (non-hydrogen) atoms. The van der Waals surface area contributed by atoms with E-state index in [2.05, 4.69) is 15.1 Å². The number of nitrogens with one attached hydrogen (secondary N) is 1. The first kappa shape index (κ1) is 21.6. The van der Waals surface area contributed by atoms with E-state index in [9.17, 15) is 9.59 Å². The van der Waals surface area contributed by atoms with Crippen LogP contribution in [0.15, 0.2) is 54.6 Å². The minimum Gasteiger partial charge on any atom is -0.342 e. The molecule has 0 spiro atoms. The minimum atomic E-state index is -0.353. The molecule has 2 heterocycles. The molecule has 0 aromatic heterocycles. The second-order valence-corrected chi connectivity index (χ2v) is 8.86. The van der Waals surface area contributed by atoms with Gasteiger partial charge >= 0.3 is 0 Å². The van der Waals surface area contributed by atoms with Crippen molar-refractivity contribution in [3.63, 3.8) is 0 Å². The molecule has 2 saturated heterocycles. The lowest BCUT2D eigenvalue weighted by atomic mass is 9.92. The lowest BCUT2D eigenvalue weighted by Gasteiger charge is -2.38. The first-order chi connectivity index (χ1) is 15.1. The number of amides is 2. The highest BCUT2D eigenvalue weighted by atomic mass is 16.2. The van der Waals surface area contributed by atoms with Crippen LogP contribution in [0.5, 0.6) is 0 Å². The number of hydrogen-bond donors (Lipinski definition) is 1. The molecule has 4 rings (SSSR count). The number of benzene rings is 2. The Morgan fingerprint density at radius 2 is 1.52 bits per heavy atom. The van der Waals surface area contributed by atoms with Crippen LogP contribution in [-0.4, -0.2) is 47.8 Å². The Balaban J connectivity index is 1.44. The number of piperidine rings is 2. The van der Waals surface area contributed by atoms with Crippen LogP contribution in [0.2, 0.25) is 0 Å². The highest BCUT2D eigenvalue weighted by Crippen LogP contribution is 2.29. The molecule has 2 aromatic rings. The molecule has 0 saturated carbocycles. The maximum atomic E-state index is 13.3. The number of nitrogens with zero attached hydrogens (tertiary/aromatic N) is 2. The van der Waals surface area contributed by atoms with E-state index in [4.69, 9.17) is 0 Å². The summed E-state index contributed by atoms with van der Waals surface area (Å²) in [6, 6.07) is 17.5. The first-order valence-corrected chi connectivity index (χ1v) is 11.6. The summed E-state index contributed by atoms with van der Waals surface area (Å²) in [5.41, 5.74) is 2.97. The highest BCUT2D eigenvalue weighted by Gasteiger charge is 2.34. The zero-order chi connectivity index (χ0) is 21.6. The zero-order valence-electron chi connectivity index (χ0n) is 18.4. The highest BCUT2D eigenvalue weighted by molar-refractivity contribution is 5.95. The van der Waals surface area contributed by atoms with Gasteiger partial charge in [-0.1, -0.05) is 48.0 Å². The molecular formula is C26H33N3O2. The van der Waals surface area contributed by atoms with Gasteiger partial charge in [-0.2, -0.15) is 0 Å². The average molecular weight is 420 g/mol. The second-order valence-electron chi connectivity index (χ2n) is 8.86. The molecule has 164 valence electrons. The number of carbonyl (C=O) groups is 2. The van der Waals surface area contributed by atoms with Gasteiger partial charge in [-0.05, 0) is 69.8 Å². The van der Waals surface area contributed by atoms with Crippen molar-refractivity contribution in [1.29, 1.82) is 0 Å². The lowest BCUT2D eigenvalue weighted by molar-refractivity contribution is -0.138. The van der Waals surface area contributed by atoms with Crippen molar-refractivity contribution in [1.82, 2.24) is 9.80 Å². The first-order valence-electron chi connectivity index (χ1n) is 11.6. The van der Waals surface area contributed by atoms with Gasteiger partial charge in [0.1, 0.15) is 6.04 Å². The molecule has 1 atom stereocenters. The lowest BCUT2D eigenvalue weighted by Crippen LogP contribution is -2.47. The van der Waals surface area contributed by atoms with Gasteiger partial charge in [0.2, 0.25) is 11.8 Å². The standard InChI is InChI=1S/C26H33N3O2/c1-20-10-12-23(13-11-20)27-25(30)24(21-8-4-2-5-9-21)28-18-14-22(15-19-28)26(31)29-16-6-3-7-17-29/h2,4-5,8-13,22,24H,3,6-7,14-19H2,1H3,(H,27,30)/t24-/m1/s1. The molecule has 2 aliphatic rings. The Bertz CT molecular complexity index is 867. The molecule has 2 fully saturated rings. The third-order valence-electron chi connectivity index (χ3n) is 6.59. The molecule has 2 aliphatic heterocycles. The average Bonchev–Trinajstić information content (AvgIpc) is 2.82. The van der Waals surface area contributed by atoms with E-state index >= 15 is 0 Å². The Kier molecular flexibility index (Phi) is 7.03. The predicted octanol–water partition coefficient (Wildman–Crippen LogP) is 4.40. The van der Waals surface area contributed by atoms with Crippen molar-refractivity contribution in [3.8, 4) is 0 Å². The molecule has 0 aliphatic carbocycles. The molecule has 5 heteroatoms. The number of aryl methyl sites for hydroxylation is 1. The second kappa shape index (κ2) is 10.1. The van der Waals surface area contributed by atoms with Gasteiger partial charge in [-0.25, -0.2) is 0 Å². The molecule has 0 bridgehead atoms. The summed E-state index contributed by atoms with van der Waals surface area (Å²) in [6.45, 7) is 5.36. The molecule has 1 N–H and O–H groups in total. The van der Waals surface area contributed by atoms with Crippen LogP contribution in [0.3, 0.4) is 0 Å². The van der Waals surface area contributed by atoms with Crippen molar-refractivity contribution < 1.29 is 9.59 Å². The summed E-state index contributed by atoms with van der Waals surface area (Å²) in [5.74, 6) is 0.390. The Hall–Kier alpha value is -2.66. The van der Waals surface area contributed by atoms with Crippen molar-refractivity contribution >= 4 is 17.5 Å². The summed E-state index contributed by atoms with van der Waals surface area (Å²) in [7, 11) is 0. The van der Waals surface area contributed by atoms with E-state index in [0.717, 1.165) is 68.7 Å². The van der Waals surface area contributed by atoms with Crippen molar-refractivity contribution in [2.75, 3.05) is 31.5 Å². The van der Waals surface area contributed by atoms with Gasteiger partial charge in [0.25, 0.3) is 0 Å². The van der Waals surface area contributed by atoms with Gasteiger partial charge in [0, 0.05) is 24.7 Å². The zero-order valence-corrected chi connectivity index (χ0v) is 18.4. The van der Waals surface area contributed by atoms with E-state index in [0.29, 0.717) is 5.91 Å². The molecule has 0 radical (unpaired) electrons. The van der Waals surface area contributed by atoms with Crippen LogP contribution in [0.25, 0.3) is 0 Å². The maximum absolute atomic E-state index is 13.3. The SMILES string of the molecule is Cc1ccc(NC(=O)[C@@H](c2ccccc2)N2CCC(C(=O)N3CCCCC3)CC2)cc1. The molecule has 0 unspecified atom stereocenters. The van der Waals surface area contributed by atoms with Crippen LogP contribution < -0.4 is 5.32 Å². The summed E-state index contributed by atoms with van der Waals surface area (Å²) < 4.78 is 0. The van der Waals surface area contributed by atoms with Crippen LogP contribution in [-0.2, 0) is 9.59 Å². The summed E-state index contributed by atoms with van der Waals surface area (Å²) in [6.07, 6.45) is 5.11. The van der Waals surface area contributed by atoms with E-state index < -0.39 is 0 Å². The van der Waals surface area contributed by atoms with Gasteiger partial charge in [0.05, 0.1) is 0 Å². The van der Waals surface area contributed by atoms with Gasteiger partial charge < -0.3 is 10.2 Å². The van der Waals surface area contributed by atoms with Crippen LogP contribution in [0.1, 0.15) is 49.3 Å². The van der Waals surface area contributed by atoms with Crippen molar-refractivity contribution in [2.24, 2.45) is 5.92 Å². The van der Waals surface area contributed by atoms with E-state index in [1.54, 1.807) is 0 Å². The topological polar surface area (TPSA) is 52.7 Å². The number of anilines is 1. The monoisotopic (exact) mass is 419 g/mol. The third-order valence-corrected chi connectivity index (χ3v) is 6.59. The van der Waals surface area contributed by atoms with Crippen LogP contribution >= 0.6 is 0 Å². The summed E-state index contributed by atoms with van der Waals surface area (Å²) in [4.78, 5) is 30.6. The fourth-order valence-electron chi connectivity index (χ4n) is 4.79. The summed E-state index contributed by atoms with van der Waals surface area (Å²) >= 11 is 0. The van der Waals surface area contributed by atoms with Crippen LogP contribution in [0, 0.1) is 12.8 Å². The van der Waals surface area contributed by atoms with E-state index in [1.807, 2.05) is 61.5 Å². The van der Waals surface area contributed by atoms with E-state index in [1.165, 1.54) is 6.42 Å². The van der Waals surface area contributed by atoms with Crippen LogP contribution in [0.4, 0.5) is 5.69 Å². The largest absolute Gasteiger partial charge is 0.342 e. The molecule has 2 aromatic carbocycles. The van der Waals surface area contributed by atoms with Crippen molar-refractivity contribution in [2.45, 2.75) is 45.1 Å². The molecule has 5 nitrogen and oxygen atoms in total. The smallest absolute Gasteiger partial charge is 0.246 e. The van der Waals surface area contributed by atoms with Gasteiger partial charge in [-0.3, -0.25) is 14.5 Å². The Morgan fingerprint density at radius 1 is 0.871 bits per heavy atom. The fraction of sp³-hybridized carbons (Fsp3) is 0.462. The van der Waals surface area contributed by atoms with Gasteiger partial charge in [0.15, 0.2) is 0 Å². The number of likely N-dealkylation sites (tertiary alicyclic amines) is 2. The minimum absolute atomic E-state index is 0.0177. The summed E-state index contributed by atoms with van der Waals surface area (Å²) in [5, 5.41) is 3.09. The normalized spacial score (nSPS) is 19.1. The third kappa shape index (κ3) is 5.34. The Morgan fingerprint density at radius 3 is 2.16 bits per heavy atom. The Labute approximate surface area is 185 Å². The van der Waals surface area contributed by atoms with Crippen molar-refractivity contribution in [3.05, 3.63) is 65.7 Å². The molecule has 2 amide bonds. The fourth-order valence-corrected chi connectivity index (χ4v) is 4.79.